The van der Waals surface area contributed by atoms with Crippen molar-refractivity contribution in [2.24, 2.45) is 22.7 Å². The van der Waals surface area contributed by atoms with E-state index in [1.165, 1.54) is 32.1 Å². The zero-order chi connectivity index (χ0) is 11.4. The third kappa shape index (κ3) is 0.652. The molecule has 1 aliphatic heterocycles. The van der Waals surface area contributed by atoms with E-state index < -0.39 is 0 Å². The minimum absolute atomic E-state index is 0.288. The quantitative estimate of drug-likeness (QED) is 0.566. The van der Waals surface area contributed by atoms with Gasteiger partial charge >= 0.3 is 0 Å². The van der Waals surface area contributed by atoms with Gasteiger partial charge in [-0.15, -0.1) is 0 Å². The van der Waals surface area contributed by atoms with Crippen LogP contribution < -0.4 is 0 Å². The van der Waals surface area contributed by atoms with Crippen molar-refractivity contribution in [1.82, 2.24) is 0 Å². The van der Waals surface area contributed by atoms with Crippen molar-refractivity contribution in [3.8, 4) is 0 Å². The summed E-state index contributed by atoms with van der Waals surface area (Å²) in [6.45, 7) is 9.98. The second-order valence-corrected chi connectivity index (χ2v) is 7.75. The van der Waals surface area contributed by atoms with Crippen LogP contribution in [0.4, 0.5) is 0 Å². The Balaban J connectivity index is 1.90. The van der Waals surface area contributed by atoms with Crippen molar-refractivity contribution in [3.63, 3.8) is 0 Å². The summed E-state index contributed by atoms with van der Waals surface area (Å²) in [5.41, 5.74) is 1.55. The second-order valence-electron chi connectivity index (χ2n) is 7.75. The van der Waals surface area contributed by atoms with Crippen molar-refractivity contribution in [2.75, 3.05) is 0 Å². The van der Waals surface area contributed by atoms with E-state index in [0.29, 0.717) is 16.4 Å². The lowest BCUT2D eigenvalue weighted by atomic mass is 9.51. The van der Waals surface area contributed by atoms with Crippen molar-refractivity contribution in [1.29, 1.82) is 0 Å². The van der Waals surface area contributed by atoms with Crippen LogP contribution in [0.5, 0.6) is 0 Å². The summed E-state index contributed by atoms with van der Waals surface area (Å²) in [6.07, 6.45) is 6.94. The molecule has 1 nitrogen and oxygen atoms in total. The molecule has 5 atom stereocenters. The summed E-state index contributed by atoms with van der Waals surface area (Å²) >= 11 is 0. The van der Waals surface area contributed by atoms with Crippen LogP contribution in [0.15, 0.2) is 0 Å². The van der Waals surface area contributed by atoms with Crippen LogP contribution >= 0.6 is 0 Å². The molecule has 4 aliphatic rings. The molecule has 4 rings (SSSR count). The van der Waals surface area contributed by atoms with E-state index in [2.05, 4.69) is 27.7 Å². The van der Waals surface area contributed by atoms with Gasteiger partial charge in [0, 0.05) is 5.41 Å². The minimum Gasteiger partial charge on any atom is -0.362 e. The first-order chi connectivity index (χ1) is 7.40. The Morgan fingerprint density at radius 1 is 1.06 bits per heavy atom. The first kappa shape index (κ1) is 9.94. The molecule has 90 valence electrons. The van der Waals surface area contributed by atoms with Crippen LogP contribution in [-0.2, 0) is 4.74 Å². The van der Waals surface area contributed by atoms with E-state index in [1.807, 2.05) is 0 Å². The van der Waals surface area contributed by atoms with Crippen molar-refractivity contribution >= 4 is 0 Å². The molecule has 0 spiro atoms. The number of fused-ring (bicyclic) bond motifs is 2. The summed E-state index contributed by atoms with van der Waals surface area (Å²) in [4.78, 5) is 0. The zero-order valence-corrected chi connectivity index (χ0v) is 11.1. The monoisotopic (exact) mass is 220 g/mol. The molecule has 0 N–H and O–H groups in total. The Hall–Kier alpha value is -0.0400. The Kier molecular flexibility index (Phi) is 1.40. The SMILES string of the molecule is C[C@H]1CC[C@]23O[C@]12C[C@H]1CC[C@]3(C)C1(C)C. The molecule has 1 heteroatoms. The van der Waals surface area contributed by atoms with Gasteiger partial charge in [0.05, 0.1) is 0 Å². The van der Waals surface area contributed by atoms with Crippen LogP contribution in [0.2, 0.25) is 0 Å². The van der Waals surface area contributed by atoms with Gasteiger partial charge in [-0.1, -0.05) is 27.7 Å². The molecule has 4 fully saturated rings. The highest BCUT2D eigenvalue weighted by molar-refractivity contribution is 5.35. The first-order valence-electron chi connectivity index (χ1n) is 7.10. The molecule has 2 bridgehead atoms. The average Bonchev–Trinajstić information content (AvgIpc) is 2.77. The fraction of sp³-hybridized carbons (Fsp3) is 1.00. The largest absolute Gasteiger partial charge is 0.362 e. The smallest absolute Gasteiger partial charge is 0.104 e. The third-order valence-corrected chi connectivity index (χ3v) is 7.60. The number of epoxide rings is 1. The molecule has 16 heavy (non-hydrogen) atoms. The standard InChI is InChI=1S/C15H24O/c1-10-5-8-15-13(4)7-6-11(12(13,2)3)9-14(10,15)16-15/h10-11H,5-9H2,1-4H3/t10-,11+,13+,14+,15+/m0/s1. The van der Waals surface area contributed by atoms with Gasteiger partial charge < -0.3 is 4.74 Å². The summed E-state index contributed by atoms with van der Waals surface area (Å²) in [6, 6.07) is 0. The van der Waals surface area contributed by atoms with Crippen molar-refractivity contribution in [3.05, 3.63) is 0 Å². The van der Waals surface area contributed by atoms with Crippen LogP contribution in [0.25, 0.3) is 0 Å². The highest BCUT2D eigenvalue weighted by atomic mass is 16.6. The minimum atomic E-state index is 0.288. The molecule has 0 radical (unpaired) electrons. The van der Waals surface area contributed by atoms with Crippen LogP contribution in [0.3, 0.4) is 0 Å². The molecule has 0 aromatic heterocycles. The van der Waals surface area contributed by atoms with Crippen LogP contribution in [0, 0.1) is 22.7 Å². The van der Waals surface area contributed by atoms with E-state index in [-0.39, 0.29) is 5.60 Å². The fourth-order valence-electron chi connectivity index (χ4n) is 6.00. The lowest BCUT2D eigenvalue weighted by Crippen LogP contribution is -2.52. The Morgan fingerprint density at radius 3 is 2.56 bits per heavy atom. The highest BCUT2D eigenvalue weighted by Gasteiger charge is 2.87. The van der Waals surface area contributed by atoms with E-state index in [4.69, 9.17) is 4.74 Å². The Bertz CT molecular complexity index is 374. The topological polar surface area (TPSA) is 12.5 Å². The lowest BCUT2D eigenvalue weighted by molar-refractivity contribution is -0.00909. The summed E-state index contributed by atoms with van der Waals surface area (Å²) in [5, 5.41) is 0. The normalized spacial score (nSPS) is 65.2. The van der Waals surface area contributed by atoms with Gasteiger partial charge in [-0.05, 0) is 49.4 Å². The predicted molar refractivity (Wildman–Crippen MR) is 64.2 cm³/mol. The number of rotatable bonds is 0. The van der Waals surface area contributed by atoms with Gasteiger partial charge in [-0.2, -0.15) is 0 Å². The molecule has 0 aromatic carbocycles. The van der Waals surface area contributed by atoms with Crippen LogP contribution in [0.1, 0.15) is 59.8 Å². The Labute approximate surface area is 98.9 Å². The maximum absolute atomic E-state index is 6.47. The molecule has 0 unspecified atom stereocenters. The molecule has 1 heterocycles. The lowest BCUT2D eigenvalue weighted by Gasteiger charge is -2.50. The fourth-order valence-corrected chi connectivity index (χ4v) is 6.00. The van der Waals surface area contributed by atoms with Gasteiger partial charge in [-0.25, -0.2) is 0 Å². The summed E-state index contributed by atoms with van der Waals surface area (Å²) in [7, 11) is 0. The van der Waals surface area contributed by atoms with E-state index in [0.717, 1.165) is 11.8 Å². The number of hydrogen-bond donors (Lipinski definition) is 0. The summed E-state index contributed by atoms with van der Waals surface area (Å²) < 4.78 is 6.47. The predicted octanol–water partition coefficient (Wildman–Crippen LogP) is 3.77. The average molecular weight is 220 g/mol. The van der Waals surface area contributed by atoms with Gasteiger partial charge in [-0.3, -0.25) is 0 Å². The molecule has 0 aromatic rings. The maximum Gasteiger partial charge on any atom is 0.104 e. The summed E-state index contributed by atoms with van der Waals surface area (Å²) in [5.74, 6) is 1.72. The molecular weight excluding hydrogens is 196 g/mol. The van der Waals surface area contributed by atoms with E-state index >= 15 is 0 Å². The molecular formula is C15H24O. The van der Waals surface area contributed by atoms with Gasteiger partial charge in [0.15, 0.2) is 0 Å². The molecule has 0 amide bonds. The van der Waals surface area contributed by atoms with Crippen molar-refractivity contribution in [2.45, 2.75) is 71.0 Å². The first-order valence-corrected chi connectivity index (χ1v) is 7.10. The second kappa shape index (κ2) is 2.25. The van der Waals surface area contributed by atoms with Gasteiger partial charge in [0.25, 0.3) is 0 Å². The van der Waals surface area contributed by atoms with E-state index in [1.54, 1.807) is 0 Å². The van der Waals surface area contributed by atoms with E-state index in [9.17, 15) is 0 Å². The molecule has 3 saturated carbocycles. The molecule has 1 saturated heterocycles. The van der Waals surface area contributed by atoms with Crippen LogP contribution in [-0.4, -0.2) is 11.2 Å². The zero-order valence-electron chi connectivity index (χ0n) is 11.1. The highest BCUT2D eigenvalue weighted by Crippen LogP contribution is 2.83. The Morgan fingerprint density at radius 2 is 1.81 bits per heavy atom. The maximum atomic E-state index is 6.47. The molecule has 3 aliphatic carbocycles. The van der Waals surface area contributed by atoms with Gasteiger partial charge in [0.1, 0.15) is 11.2 Å². The van der Waals surface area contributed by atoms with Crippen molar-refractivity contribution < 1.29 is 4.74 Å². The number of hydrogen-bond acceptors (Lipinski definition) is 1. The third-order valence-electron chi connectivity index (χ3n) is 7.60. The number of ether oxygens (including phenoxy) is 1. The van der Waals surface area contributed by atoms with Gasteiger partial charge in [0.2, 0.25) is 0 Å².